The first kappa shape index (κ1) is 25.7. The number of imidazole rings is 1. The van der Waals surface area contributed by atoms with Gasteiger partial charge in [-0.25, -0.2) is 18.3 Å². The summed E-state index contributed by atoms with van der Waals surface area (Å²) in [4.78, 5) is 38.8. The molecule has 0 unspecified atom stereocenters. The van der Waals surface area contributed by atoms with Crippen LogP contribution in [0.5, 0.6) is 0 Å². The molecule has 4 heterocycles. The van der Waals surface area contributed by atoms with Crippen LogP contribution in [0.3, 0.4) is 0 Å². The molecule has 0 saturated carbocycles. The number of fused-ring (bicyclic) bond motifs is 1. The molecule has 0 spiro atoms. The van der Waals surface area contributed by atoms with Gasteiger partial charge in [0.15, 0.2) is 5.65 Å². The minimum absolute atomic E-state index is 0.0491. The average molecular weight is 521 g/mol. The molecule has 1 fully saturated rings. The number of carbonyl (C=O) groups excluding carboxylic acids is 2. The van der Waals surface area contributed by atoms with Gasteiger partial charge >= 0.3 is 0 Å². The van der Waals surface area contributed by atoms with Crippen LogP contribution in [0.2, 0.25) is 0 Å². The lowest BCUT2D eigenvalue weighted by atomic mass is 9.97. The maximum absolute atomic E-state index is 13.7. The van der Waals surface area contributed by atoms with E-state index in [1.165, 1.54) is 12.1 Å². The van der Waals surface area contributed by atoms with E-state index in [4.69, 9.17) is 0 Å². The number of piperazine rings is 1. The number of aliphatic imine (C=N–C) groups is 1. The monoisotopic (exact) mass is 520 g/mol. The summed E-state index contributed by atoms with van der Waals surface area (Å²) in [5.74, 6) is -0.213. The Morgan fingerprint density at radius 1 is 1.05 bits per heavy atom. The van der Waals surface area contributed by atoms with E-state index in [2.05, 4.69) is 15.1 Å². The van der Waals surface area contributed by atoms with Gasteiger partial charge in [-0.3, -0.25) is 14.6 Å². The molecule has 0 atom stereocenters. The van der Waals surface area contributed by atoms with Gasteiger partial charge in [0.2, 0.25) is 0 Å². The first-order chi connectivity index (χ1) is 18.0. The third kappa shape index (κ3) is 4.70. The van der Waals surface area contributed by atoms with Gasteiger partial charge in [0.05, 0.1) is 29.5 Å². The van der Waals surface area contributed by atoms with Crippen LogP contribution in [0.4, 0.5) is 8.78 Å². The molecule has 8 nitrogen and oxygen atoms in total. The SMILES string of the molecule is CC(C)c1cc(-c2ccc(C(F)F)cc2)nn2cc(C(=O)N3CCN(C(=O)C4=CCN=C4)CC3(C)C)nc12. The van der Waals surface area contributed by atoms with Crippen molar-refractivity contribution in [2.24, 2.45) is 4.99 Å². The van der Waals surface area contributed by atoms with E-state index in [9.17, 15) is 18.4 Å². The summed E-state index contributed by atoms with van der Waals surface area (Å²) in [6, 6.07) is 7.94. The number of rotatable bonds is 5. The van der Waals surface area contributed by atoms with Crippen LogP contribution in [0.15, 0.2) is 53.2 Å². The van der Waals surface area contributed by atoms with Gasteiger partial charge in [-0.15, -0.1) is 0 Å². The van der Waals surface area contributed by atoms with Gasteiger partial charge in [0, 0.05) is 42.5 Å². The molecular formula is C28H30F2N6O2. The Morgan fingerprint density at radius 2 is 1.79 bits per heavy atom. The molecule has 2 amide bonds. The second-order valence-electron chi connectivity index (χ2n) is 10.6. The Kier molecular flexibility index (Phi) is 6.58. The molecule has 0 aliphatic carbocycles. The minimum atomic E-state index is -2.54. The number of hydrogen-bond donors (Lipinski definition) is 0. The number of halogens is 2. The summed E-state index contributed by atoms with van der Waals surface area (Å²) in [5, 5.41) is 4.65. The lowest BCUT2D eigenvalue weighted by molar-refractivity contribution is -0.130. The molecule has 0 bridgehead atoms. The number of amides is 2. The minimum Gasteiger partial charge on any atom is -0.334 e. The lowest BCUT2D eigenvalue weighted by Crippen LogP contribution is -2.62. The molecule has 1 aromatic carbocycles. The van der Waals surface area contributed by atoms with Crippen LogP contribution in [-0.4, -0.2) is 74.1 Å². The van der Waals surface area contributed by atoms with Gasteiger partial charge in [-0.1, -0.05) is 38.1 Å². The third-order valence-electron chi connectivity index (χ3n) is 7.08. The molecule has 5 rings (SSSR count). The van der Waals surface area contributed by atoms with Crippen molar-refractivity contribution >= 4 is 23.7 Å². The molecule has 0 N–H and O–H groups in total. The Labute approximate surface area is 219 Å². The van der Waals surface area contributed by atoms with Crippen LogP contribution < -0.4 is 0 Å². The van der Waals surface area contributed by atoms with Gasteiger partial charge in [0.1, 0.15) is 5.69 Å². The van der Waals surface area contributed by atoms with Crippen molar-refractivity contribution in [3.05, 3.63) is 65.0 Å². The smallest absolute Gasteiger partial charge is 0.274 e. The molecule has 2 aliphatic heterocycles. The Hall–Kier alpha value is -3.95. The number of hydrogen-bond acceptors (Lipinski definition) is 5. The largest absolute Gasteiger partial charge is 0.334 e. The predicted octanol–water partition coefficient (Wildman–Crippen LogP) is 4.53. The van der Waals surface area contributed by atoms with Crippen molar-refractivity contribution < 1.29 is 18.4 Å². The summed E-state index contributed by atoms with van der Waals surface area (Å²) in [6.07, 6.45) is 2.49. The van der Waals surface area contributed by atoms with Crippen LogP contribution in [0.1, 0.15) is 61.7 Å². The molecule has 1 saturated heterocycles. The Morgan fingerprint density at radius 3 is 2.39 bits per heavy atom. The molecule has 38 heavy (non-hydrogen) atoms. The summed E-state index contributed by atoms with van der Waals surface area (Å²) >= 11 is 0. The van der Waals surface area contributed by atoms with E-state index in [0.717, 1.165) is 5.56 Å². The van der Waals surface area contributed by atoms with Crippen molar-refractivity contribution in [1.29, 1.82) is 0 Å². The molecule has 2 aromatic heterocycles. The highest BCUT2D eigenvalue weighted by atomic mass is 19.3. The zero-order valence-electron chi connectivity index (χ0n) is 21.9. The fourth-order valence-corrected chi connectivity index (χ4v) is 4.99. The maximum Gasteiger partial charge on any atom is 0.274 e. The lowest BCUT2D eigenvalue weighted by Gasteiger charge is -2.46. The van der Waals surface area contributed by atoms with E-state index in [0.29, 0.717) is 48.7 Å². The summed E-state index contributed by atoms with van der Waals surface area (Å²) in [5.41, 5.74) is 2.98. The number of carbonyl (C=O) groups is 2. The molecule has 0 radical (unpaired) electrons. The van der Waals surface area contributed by atoms with Crippen molar-refractivity contribution in [1.82, 2.24) is 24.4 Å². The van der Waals surface area contributed by atoms with E-state index in [1.807, 2.05) is 39.8 Å². The number of nitrogens with zero attached hydrogens (tertiary/aromatic N) is 6. The third-order valence-corrected chi connectivity index (χ3v) is 7.08. The maximum atomic E-state index is 13.7. The van der Waals surface area contributed by atoms with Crippen LogP contribution in [0, 0.1) is 0 Å². The molecule has 3 aromatic rings. The fourth-order valence-electron chi connectivity index (χ4n) is 4.99. The second kappa shape index (κ2) is 9.74. The van der Waals surface area contributed by atoms with Crippen molar-refractivity contribution in [2.45, 2.75) is 45.6 Å². The van der Waals surface area contributed by atoms with Crippen LogP contribution >= 0.6 is 0 Å². The quantitative estimate of drug-likeness (QED) is 0.495. The number of aromatic nitrogens is 3. The predicted molar refractivity (Wildman–Crippen MR) is 141 cm³/mol. The number of benzene rings is 1. The summed E-state index contributed by atoms with van der Waals surface area (Å²) in [6.45, 7) is 9.64. The average Bonchev–Trinajstić information content (AvgIpc) is 3.57. The van der Waals surface area contributed by atoms with Gasteiger partial charge in [-0.05, 0) is 31.9 Å². The van der Waals surface area contributed by atoms with Gasteiger partial charge < -0.3 is 9.80 Å². The van der Waals surface area contributed by atoms with Crippen molar-refractivity contribution in [2.75, 3.05) is 26.2 Å². The number of alkyl halides is 2. The van der Waals surface area contributed by atoms with E-state index >= 15 is 0 Å². The molecule has 2 aliphatic rings. The first-order valence-electron chi connectivity index (χ1n) is 12.6. The molecule has 198 valence electrons. The van der Waals surface area contributed by atoms with Gasteiger partial charge in [0.25, 0.3) is 18.2 Å². The second-order valence-corrected chi connectivity index (χ2v) is 10.6. The van der Waals surface area contributed by atoms with Crippen LogP contribution in [-0.2, 0) is 4.79 Å². The molecular weight excluding hydrogens is 490 g/mol. The Balaban J connectivity index is 1.43. The van der Waals surface area contributed by atoms with E-state index in [-0.39, 0.29) is 29.0 Å². The van der Waals surface area contributed by atoms with E-state index in [1.54, 1.807) is 38.9 Å². The zero-order valence-corrected chi connectivity index (χ0v) is 21.9. The highest BCUT2D eigenvalue weighted by Gasteiger charge is 2.40. The molecule has 10 heteroatoms. The summed E-state index contributed by atoms with van der Waals surface area (Å²) in [7, 11) is 0. The zero-order chi connectivity index (χ0) is 27.2. The highest BCUT2D eigenvalue weighted by molar-refractivity contribution is 6.13. The van der Waals surface area contributed by atoms with Crippen molar-refractivity contribution in [3.63, 3.8) is 0 Å². The normalized spacial score (nSPS) is 17.1. The standard InChI is InChI=1S/C28H30F2N6O2/c1-17(2)21-13-22(18-5-7-19(8-6-18)24(29)30)33-36-15-23(32-25(21)36)27(38)35-12-11-34(16-28(35,3)4)26(37)20-9-10-31-14-20/h5-9,13-15,17,24H,10-12,16H2,1-4H3. The highest BCUT2D eigenvalue weighted by Crippen LogP contribution is 2.29. The fraction of sp³-hybridized carbons (Fsp3) is 0.393. The first-order valence-corrected chi connectivity index (χ1v) is 12.6. The summed E-state index contributed by atoms with van der Waals surface area (Å²) < 4.78 is 27.6. The van der Waals surface area contributed by atoms with E-state index < -0.39 is 12.0 Å². The topological polar surface area (TPSA) is 83.2 Å². The Bertz CT molecular complexity index is 1460. The van der Waals surface area contributed by atoms with Crippen molar-refractivity contribution in [3.8, 4) is 11.3 Å². The van der Waals surface area contributed by atoms with Gasteiger partial charge in [-0.2, -0.15) is 5.10 Å². The van der Waals surface area contributed by atoms with Crippen LogP contribution in [0.25, 0.3) is 16.9 Å².